The molecule has 1 aliphatic rings. The van der Waals surface area contributed by atoms with Gasteiger partial charge in [0.05, 0.1) is 0 Å². The summed E-state index contributed by atoms with van der Waals surface area (Å²) in [5.74, 6) is 0.558. The zero-order chi connectivity index (χ0) is 17.3. The zero-order valence-electron chi connectivity index (χ0n) is 16.0. The van der Waals surface area contributed by atoms with Crippen LogP contribution in [0.1, 0.15) is 79.1 Å². The van der Waals surface area contributed by atoms with Gasteiger partial charge in [-0.05, 0) is 46.6 Å². The number of ether oxygens (including phenoxy) is 1. The molecule has 0 saturated carbocycles. The second-order valence-electron chi connectivity index (χ2n) is 7.93. The first kappa shape index (κ1) is 20.3. The predicted molar refractivity (Wildman–Crippen MR) is 96.8 cm³/mol. The molecule has 0 spiro atoms. The molecule has 2 unspecified atom stereocenters. The molecule has 136 valence electrons. The summed E-state index contributed by atoms with van der Waals surface area (Å²) in [6, 6.07) is 0.522. The molecular formula is C19H38N2O2. The summed E-state index contributed by atoms with van der Waals surface area (Å²) in [4.78, 5) is 14.0. The number of carbonyl (C=O) groups excluding carboxylic acids is 1. The van der Waals surface area contributed by atoms with Gasteiger partial charge in [-0.1, -0.05) is 45.4 Å². The quantitative estimate of drug-likeness (QED) is 0.630. The number of hydrogen-bond donors (Lipinski definition) is 1. The summed E-state index contributed by atoms with van der Waals surface area (Å²) in [5, 5.41) is 3.48. The third-order valence-corrected chi connectivity index (χ3v) is 4.68. The summed E-state index contributed by atoms with van der Waals surface area (Å²) >= 11 is 0. The Morgan fingerprint density at radius 1 is 1.22 bits per heavy atom. The van der Waals surface area contributed by atoms with Gasteiger partial charge in [-0.15, -0.1) is 0 Å². The topological polar surface area (TPSA) is 41.6 Å². The van der Waals surface area contributed by atoms with Gasteiger partial charge in [0.25, 0.3) is 0 Å². The molecular weight excluding hydrogens is 288 g/mol. The van der Waals surface area contributed by atoms with Gasteiger partial charge in [-0.25, -0.2) is 4.79 Å². The summed E-state index contributed by atoms with van der Waals surface area (Å²) in [6.45, 7) is 9.69. The summed E-state index contributed by atoms with van der Waals surface area (Å²) in [6.07, 6.45) is 10.2. The van der Waals surface area contributed by atoms with Crippen molar-refractivity contribution in [2.24, 2.45) is 5.92 Å². The molecule has 0 bridgehead atoms. The van der Waals surface area contributed by atoms with Crippen LogP contribution < -0.4 is 5.32 Å². The lowest BCUT2D eigenvalue weighted by Crippen LogP contribution is -2.38. The molecule has 1 rings (SSSR count). The number of unbranched alkanes of at least 4 members (excludes halogenated alkanes) is 5. The highest BCUT2D eigenvalue weighted by atomic mass is 16.6. The minimum atomic E-state index is -0.407. The largest absolute Gasteiger partial charge is 0.444 e. The molecule has 1 amide bonds. The van der Waals surface area contributed by atoms with E-state index in [0.717, 1.165) is 19.5 Å². The number of rotatable bonds is 9. The van der Waals surface area contributed by atoms with E-state index in [2.05, 4.69) is 19.3 Å². The number of likely N-dealkylation sites (tertiary alicyclic amines) is 1. The van der Waals surface area contributed by atoms with Crippen molar-refractivity contribution in [3.8, 4) is 0 Å². The first-order valence-electron chi connectivity index (χ1n) is 9.52. The molecule has 0 aromatic heterocycles. The van der Waals surface area contributed by atoms with Crippen LogP contribution in [0.5, 0.6) is 0 Å². The molecule has 1 fully saturated rings. The minimum absolute atomic E-state index is 0.158. The standard InChI is InChI=1S/C19H38N2O2/c1-6-7-8-9-10-11-12-17(20-5)16-13-14-21(15-16)18(22)23-19(2,3)4/h16-17,20H,6-15H2,1-5H3. The van der Waals surface area contributed by atoms with Crippen molar-refractivity contribution < 1.29 is 9.53 Å². The number of nitrogens with one attached hydrogen (secondary N) is 1. The summed E-state index contributed by atoms with van der Waals surface area (Å²) in [5.41, 5.74) is -0.407. The molecule has 0 aromatic carbocycles. The Kier molecular flexibility index (Phi) is 8.96. The van der Waals surface area contributed by atoms with Gasteiger partial charge >= 0.3 is 6.09 Å². The maximum Gasteiger partial charge on any atom is 0.410 e. The first-order valence-corrected chi connectivity index (χ1v) is 9.52. The lowest BCUT2D eigenvalue weighted by molar-refractivity contribution is 0.0285. The molecule has 1 heterocycles. The lowest BCUT2D eigenvalue weighted by Gasteiger charge is -2.26. The Morgan fingerprint density at radius 2 is 1.87 bits per heavy atom. The van der Waals surface area contributed by atoms with Crippen LogP contribution in [-0.2, 0) is 4.74 Å². The fraction of sp³-hybridized carbons (Fsp3) is 0.947. The van der Waals surface area contributed by atoms with Crippen molar-refractivity contribution in [1.29, 1.82) is 0 Å². The zero-order valence-corrected chi connectivity index (χ0v) is 16.0. The molecule has 1 saturated heterocycles. The third-order valence-electron chi connectivity index (χ3n) is 4.68. The van der Waals surface area contributed by atoms with E-state index in [1.807, 2.05) is 25.7 Å². The highest BCUT2D eigenvalue weighted by molar-refractivity contribution is 5.68. The molecule has 4 nitrogen and oxygen atoms in total. The van der Waals surface area contributed by atoms with E-state index in [-0.39, 0.29) is 6.09 Å². The average molecular weight is 327 g/mol. The Balaban J connectivity index is 2.30. The van der Waals surface area contributed by atoms with E-state index in [1.165, 1.54) is 44.9 Å². The van der Waals surface area contributed by atoms with Crippen LogP contribution in [0.3, 0.4) is 0 Å². The second-order valence-corrected chi connectivity index (χ2v) is 7.93. The fourth-order valence-electron chi connectivity index (χ4n) is 3.37. The molecule has 0 aromatic rings. The van der Waals surface area contributed by atoms with Gasteiger partial charge in [0.1, 0.15) is 5.60 Å². The number of amides is 1. The summed E-state index contributed by atoms with van der Waals surface area (Å²) in [7, 11) is 2.05. The van der Waals surface area contributed by atoms with Gasteiger partial charge in [0.2, 0.25) is 0 Å². The summed E-state index contributed by atoms with van der Waals surface area (Å²) < 4.78 is 5.49. The maximum absolute atomic E-state index is 12.2. The maximum atomic E-state index is 12.2. The minimum Gasteiger partial charge on any atom is -0.444 e. The van der Waals surface area contributed by atoms with Gasteiger partial charge in [0, 0.05) is 19.1 Å². The van der Waals surface area contributed by atoms with Crippen LogP contribution in [0, 0.1) is 5.92 Å². The lowest BCUT2D eigenvalue weighted by atomic mass is 9.93. The smallest absolute Gasteiger partial charge is 0.410 e. The van der Waals surface area contributed by atoms with Crippen LogP contribution in [0.2, 0.25) is 0 Å². The predicted octanol–water partition coefficient (Wildman–Crippen LogP) is 4.58. The van der Waals surface area contributed by atoms with E-state index < -0.39 is 5.60 Å². The molecule has 2 atom stereocenters. The number of carbonyl (C=O) groups is 1. The highest BCUT2D eigenvalue weighted by Gasteiger charge is 2.33. The fourth-order valence-corrected chi connectivity index (χ4v) is 3.37. The van der Waals surface area contributed by atoms with E-state index in [9.17, 15) is 4.79 Å². The van der Waals surface area contributed by atoms with Crippen molar-refractivity contribution in [3.05, 3.63) is 0 Å². The highest BCUT2D eigenvalue weighted by Crippen LogP contribution is 2.24. The van der Waals surface area contributed by atoms with Crippen LogP contribution in [0.4, 0.5) is 4.79 Å². The monoisotopic (exact) mass is 326 g/mol. The van der Waals surface area contributed by atoms with Crippen LogP contribution in [0.25, 0.3) is 0 Å². The van der Waals surface area contributed by atoms with Crippen molar-refractivity contribution in [3.63, 3.8) is 0 Å². The Morgan fingerprint density at radius 3 is 2.48 bits per heavy atom. The molecule has 1 N–H and O–H groups in total. The molecule has 23 heavy (non-hydrogen) atoms. The molecule has 0 aliphatic carbocycles. The van der Waals surface area contributed by atoms with Gasteiger partial charge in [0.15, 0.2) is 0 Å². The van der Waals surface area contributed by atoms with Crippen LogP contribution in [-0.4, -0.2) is 42.8 Å². The van der Waals surface area contributed by atoms with Crippen molar-refractivity contribution in [1.82, 2.24) is 10.2 Å². The Hall–Kier alpha value is -0.770. The van der Waals surface area contributed by atoms with Crippen LogP contribution in [0.15, 0.2) is 0 Å². The SMILES string of the molecule is CCCCCCCCC(NC)C1CCN(C(=O)OC(C)(C)C)C1. The van der Waals surface area contributed by atoms with E-state index in [1.54, 1.807) is 0 Å². The van der Waals surface area contributed by atoms with Crippen molar-refractivity contribution in [2.45, 2.75) is 90.7 Å². The molecule has 0 radical (unpaired) electrons. The van der Waals surface area contributed by atoms with Crippen molar-refractivity contribution in [2.75, 3.05) is 20.1 Å². The van der Waals surface area contributed by atoms with E-state index in [0.29, 0.717) is 12.0 Å². The van der Waals surface area contributed by atoms with Gasteiger partial charge < -0.3 is 15.0 Å². The third kappa shape index (κ3) is 8.05. The molecule has 4 heteroatoms. The van der Waals surface area contributed by atoms with Gasteiger partial charge in [-0.2, -0.15) is 0 Å². The van der Waals surface area contributed by atoms with E-state index >= 15 is 0 Å². The normalized spacial score (nSPS) is 19.9. The Bertz CT molecular complexity index is 339. The first-order chi connectivity index (χ1) is 10.9. The van der Waals surface area contributed by atoms with E-state index in [4.69, 9.17) is 4.74 Å². The number of hydrogen-bond acceptors (Lipinski definition) is 3. The average Bonchev–Trinajstić information content (AvgIpc) is 2.94. The molecule has 1 aliphatic heterocycles. The van der Waals surface area contributed by atoms with Crippen molar-refractivity contribution >= 4 is 6.09 Å². The van der Waals surface area contributed by atoms with Gasteiger partial charge in [-0.3, -0.25) is 0 Å². The van der Waals surface area contributed by atoms with Crippen LogP contribution >= 0.6 is 0 Å². The second kappa shape index (κ2) is 10.2. The number of nitrogens with zero attached hydrogens (tertiary/aromatic N) is 1. The Labute approximate surface area is 143 Å².